The molecule has 1 N–H and O–H groups in total. The zero-order chi connectivity index (χ0) is 11.9. The first-order valence-electron chi connectivity index (χ1n) is 5.37. The summed E-state index contributed by atoms with van der Waals surface area (Å²) in [5.74, 6) is 0.373. The van der Waals surface area contributed by atoms with Gasteiger partial charge < -0.3 is 9.67 Å². The lowest BCUT2D eigenvalue weighted by molar-refractivity contribution is 0.0989. The normalized spacial score (nSPS) is 10.9. The minimum Gasteiger partial charge on any atom is -0.508 e. The second kappa shape index (κ2) is 3.67. The predicted octanol–water partition coefficient (Wildman–Crippen LogP) is 2.79. The van der Waals surface area contributed by atoms with Crippen molar-refractivity contribution >= 4 is 16.7 Å². The Morgan fingerprint density at radius 1 is 1.44 bits per heavy atom. The Hall–Kier alpha value is -1.77. The van der Waals surface area contributed by atoms with Gasteiger partial charge in [-0.1, -0.05) is 6.92 Å². The summed E-state index contributed by atoms with van der Waals surface area (Å²) in [6.45, 7) is 3.79. The lowest BCUT2D eigenvalue weighted by Gasteiger charge is -1.99. The van der Waals surface area contributed by atoms with E-state index in [-0.39, 0.29) is 11.5 Å². The lowest BCUT2D eigenvalue weighted by Crippen LogP contribution is -1.99. The van der Waals surface area contributed by atoms with E-state index >= 15 is 0 Å². The van der Waals surface area contributed by atoms with Gasteiger partial charge in [-0.3, -0.25) is 4.79 Å². The van der Waals surface area contributed by atoms with Crippen LogP contribution >= 0.6 is 0 Å². The fraction of sp³-hybridized carbons (Fsp3) is 0.308. The van der Waals surface area contributed by atoms with Crippen LogP contribution in [-0.4, -0.2) is 15.5 Å². The third-order valence-electron chi connectivity index (χ3n) is 3.08. The topological polar surface area (TPSA) is 42.2 Å². The van der Waals surface area contributed by atoms with Crippen LogP contribution in [-0.2, 0) is 7.05 Å². The van der Waals surface area contributed by atoms with Crippen LogP contribution in [0.2, 0.25) is 0 Å². The Labute approximate surface area is 94.3 Å². The van der Waals surface area contributed by atoms with Gasteiger partial charge in [-0.25, -0.2) is 0 Å². The van der Waals surface area contributed by atoms with E-state index in [1.54, 1.807) is 18.2 Å². The third-order valence-corrected chi connectivity index (χ3v) is 3.08. The van der Waals surface area contributed by atoms with Gasteiger partial charge in [0.1, 0.15) is 5.75 Å². The zero-order valence-electron chi connectivity index (χ0n) is 9.74. The molecule has 1 aromatic heterocycles. The number of Topliss-reactive ketones (excluding diaryl/α,β-unsaturated/α-hetero) is 1. The number of fused-ring (bicyclic) bond motifs is 1. The number of carbonyl (C=O) groups is 1. The van der Waals surface area contributed by atoms with Gasteiger partial charge in [0, 0.05) is 36.2 Å². The highest BCUT2D eigenvalue weighted by atomic mass is 16.3. The second-order valence-electron chi connectivity index (χ2n) is 4.00. The average molecular weight is 217 g/mol. The molecule has 0 unspecified atom stereocenters. The molecule has 0 aliphatic carbocycles. The van der Waals surface area contributed by atoms with E-state index in [1.165, 1.54) is 0 Å². The van der Waals surface area contributed by atoms with Crippen molar-refractivity contribution in [3.05, 3.63) is 29.5 Å². The van der Waals surface area contributed by atoms with Crippen LogP contribution in [0.3, 0.4) is 0 Å². The molecule has 1 heterocycles. The zero-order valence-corrected chi connectivity index (χ0v) is 9.74. The van der Waals surface area contributed by atoms with E-state index in [9.17, 15) is 9.90 Å². The maximum atomic E-state index is 11.9. The standard InChI is InChI=1S/C13H15NO2/c1-4-12(16)13-8(2)14(3)11-7-9(15)5-6-10(11)13/h5-7,15H,4H2,1-3H3. The first-order chi connectivity index (χ1) is 7.56. The summed E-state index contributed by atoms with van der Waals surface area (Å²) in [7, 11) is 1.91. The first-order valence-corrected chi connectivity index (χ1v) is 5.37. The molecular formula is C13H15NO2. The summed E-state index contributed by atoms with van der Waals surface area (Å²) in [5, 5.41) is 10.4. The molecule has 0 saturated heterocycles. The molecule has 3 heteroatoms. The Bertz CT molecular complexity index is 567. The number of phenolic OH excluding ortho intramolecular Hbond substituents is 1. The van der Waals surface area contributed by atoms with Gasteiger partial charge in [0.15, 0.2) is 5.78 Å². The van der Waals surface area contributed by atoms with Gasteiger partial charge in [0.2, 0.25) is 0 Å². The highest BCUT2D eigenvalue weighted by Gasteiger charge is 2.16. The number of hydrogen-bond donors (Lipinski definition) is 1. The SMILES string of the molecule is CCC(=O)c1c(C)n(C)c2cc(O)ccc12. The van der Waals surface area contributed by atoms with Crippen molar-refractivity contribution in [2.45, 2.75) is 20.3 Å². The summed E-state index contributed by atoms with van der Waals surface area (Å²) < 4.78 is 1.94. The molecule has 0 spiro atoms. The van der Waals surface area contributed by atoms with E-state index in [0.717, 1.165) is 22.2 Å². The van der Waals surface area contributed by atoms with E-state index in [4.69, 9.17) is 0 Å². The number of aryl methyl sites for hydroxylation is 1. The Morgan fingerprint density at radius 3 is 2.75 bits per heavy atom. The third kappa shape index (κ3) is 1.40. The molecule has 0 amide bonds. The lowest BCUT2D eigenvalue weighted by atomic mass is 10.1. The fourth-order valence-corrected chi connectivity index (χ4v) is 2.08. The van der Waals surface area contributed by atoms with Crippen LogP contribution in [0, 0.1) is 6.92 Å². The second-order valence-corrected chi connectivity index (χ2v) is 4.00. The van der Waals surface area contributed by atoms with E-state index < -0.39 is 0 Å². The van der Waals surface area contributed by atoms with Crippen molar-refractivity contribution in [1.82, 2.24) is 4.57 Å². The highest BCUT2D eigenvalue weighted by molar-refractivity contribution is 6.09. The van der Waals surface area contributed by atoms with Gasteiger partial charge >= 0.3 is 0 Å². The van der Waals surface area contributed by atoms with Crippen LogP contribution in [0.4, 0.5) is 0 Å². The molecule has 0 saturated carbocycles. The van der Waals surface area contributed by atoms with Crippen LogP contribution < -0.4 is 0 Å². The average Bonchev–Trinajstić information content (AvgIpc) is 2.52. The minimum atomic E-state index is 0.147. The molecule has 0 atom stereocenters. The van der Waals surface area contributed by atoms with E-state index in [1.807, 2.05) is 25.5 Å². The van der Waals surface area contributed by atoms with Gasteiger partial charge in [-0.2, -0.15) is 0 Å². The summed E-state index contributed by atoms with van der Waals surface area (Å²) in [4.78, 5) is 11.9. The summed E-state index contributed by atoms with van der Waals surface area (Å²) in [6, 6.07) is 5.11. The maximum Gasteiger partial charge on any atom is 0.165 e. The predicted molar refractivity (Wildman–Crippen MR) is 63.9 cm³/mol. The maximum absolute atomic E-state index is 11.9. The number of phenols is 1. The van der Waals surface area contributed by atoms with Crippen LogP contribution in [0.25, 0.3) is 10.9 Å². The van der Waals surface area contributed by atoms with Gasteiger partial charge in [-0.05, 0) is 19.1 Å². The summed E-state index contributed by atoms with van der Waals surface area (Å²) >= 11 is 0. The van der Waals surface area contributed by atoms with Crippen molar-refractivity contribution in [2.24, 2.45) is 7.05 Å². The van der Waals surface area contributed by atoms with Gasteiger partial charge in [-0.15, -0.1) is 0 Å². The molecule has 0 aliphatic rings. The monoisotopic (exact) mass is 217 g/mol. The largest absolute Gasteiger partial charge is 0.508 e. The summed E-state index contributed by atoms with van der Waals surface area (Å²) in [5.41, 5.74) is 2.63. The van der Waals surface area contributed by atoms with Crippen molar-refractivity contribution in [3.8, 4) is 5.75 Å². The van der Waals surface area contributed by atoms with Crippen LogP contribution in [0.1, 0.15) is 29.4 Å². The van der Waals surface area contributed by atoms with Crippen molar-refractivity contribution < 1.29 is 9.90 Å². The molecule has 1 aromatic carbocycles. The first kappa shape index (κ1) is 10.7. The van der Waals surface area contributed by atoms with Gasteiger partial charge in [0.05, 0.1) is 5.52 Å². The fourth-order valence-electron chi connectivity index (χ4n) is 2.08. The molecule has 0 fully saturated rings. The van der Waals surface area contributed by atoms with Gasteiger partial charge in [0.25, 0.3) is 0 Å². The number of aromatic nitrogens is 1. The molecule has 3 nitrogen and oxygen atoms in total. The molecule has 2 aromatic rings. The van der Waals surface area contributed by atoms with E-state index in [0.29, 0.717) is 6.42 Å². The smallest absolute Gasteiger partial charge is 0.165 e. The number of rotatable bonds is 2. The molecule has 0 aliphatic heterocycles. The quantitative estimate of drug-likeness (QED) is 0.786. The molecule has 84 valence electrons. The Morgan fingerprint density at radius 2 is 2.12 bits per heavy atom. The molecule has 2 rings (SSSR count). The van der Waals surface area contributed by atoms with E-state index in [2.05, 4.69) is 0 Å². The number of carbonyl (C=O) groups excluding carboxylic acids is 1. The number of aromatic hydroxyl groups is 1. The van der Waals surface area contributed by atoms with Crippen LogP contribution in [0.15, 0.2) is 18.2 Å². The van der Waals surface area contributed by atoms with Crippen molar-refractivity contribution in [3.63, 3.8) is 0 Å². The number of benzene rings is 1. The molecule has 0 radical (unpaired) electrons. The highest BCUT2D eigenvalue weighted by Crippen LogP contribution is 2.28. The van der Waals surface area contributed by atoms with Crippen molar-refractivity contribution in [1.29, 1.82) is 0 Å². The van der Waals surface area contributed by atoms with Crippen molar-refractivity contribution in [2.75, 3.05) is 0 Å². The number of nitrogens with zero attached hydrogens (tertiary/aromatic N) is 1. The number of ketones is 1. The minimum absolute atomic E-state index is 0.147. The Kier molecular flexibility index (Phi) is 2.46. The number of hydrogen-bond acceptors (Lipinski definition) is 2. The Balaban J connectivity index is 2.84. The molecular weight excluding hydrogens is 202 g/mol. The van der Waals surface area contributed by atoms with Crippen LogP contribution in [0.5, 0.6) is 5.75 Å². The summed E-state index contributed by atoms with van der Waals surface area (Å²) in [6.07, 6.45) is 0.501. The molecule has 0 bridgehead atoms. The molecule has 16 heavy (non-hydrogen) atoms.